The number of ketones is 1. The third kappa shape index (κ3) is 4.18. The maximum atomic E-state index is 11.5. The van der Waals surface area contributed by atoms with Gasteiger partial charge in [-0.05, 0) is 55.2 Å². The SMILES string of the molecule is CC.CCc1cc(-c2cc(C(C)=O)ccc2Cl)ccc1C. The van der Waals surface area contributed by atoms with Gasteiger partial charge in [-0.3, -0.25) is 4.79 Å². The second-order valence-electron chi connectivity index (χ2n) is 4.75. The Labute approximate surface area is 133 Å². The van der Waals surface area contributed by atoms with Gasteiger partial charge in [0.15, 0.2) is 5.78 Å². The van der Waals surface area contributed by atoms with Crippen molar-refractivity contribution in [2.24, 2.45) is 0 Å². The molecular formula is C19H23ClO. The molecule has 0 fully saturated rings. The highest BCUT2D eigenvalue weighted by Gasteiger charge is 2.08. The van der Waals surface area contributed by atoms with Crippen LogP contribution in [0.25, 0.3) is 11.1 Å². The van der Waals surface area contributed by atoms with Crippen LogP contribution in [0.2, 0.25) is 5.02 Å². The van der Waals surface area contributed by atoms with Crippen LogP contribution in [0.1, 0.15) is 49.2 Å². The highest BCUT2D eigenvalue weighted by Crippen LogP contribution is 2.30. The average molecular weight is 303 g/mol. The molecule has 0 aromatic heterocycles. The molecule has 0 saturated carbocycles. The van der Waals surface area contributed by atoms with Gasteiger partial charge in [0, 0.05) is 16.1 Å². The van der Waals surface area contributed by atoms with Crippen LogP contribution >= 0.6 is 11.6 Å². The fourth-order valence-electron chi connectivity index (χ4n) is 2.19. The fourth-order valence-corrected chi connectivity index (χ4v) is 2.41. The zero-order valence-electron chi connectivity index (χ0n) is 13.5. The predicted octanol–water partition coefficient (Wildman–Crippen LogP) is 6.11. The molecule has 2 aromatic carbocycles. The van der Waals surface area contributed by atoms with Crippen LogP contribution in [0.5, 0.6) is 0 Å². The lowest BCUT2D eigenvalue weighted by atomic mass is 9.97. The number of rotatable bonds is 3. The molecule has 0 radical (unpaired) electrons. The molecule has 0 atom stereocenters. The van der Waals surface area contributed by atoms with Gasteiger partial charge in [-0.2, -0.15) is 0 Å². The van der Waals surface area contributed by atoms with Gasteiger partial charge in [-0.25, -0.2) is 0 Å². The van der Waals surface area contributed by atoms with E-state index < -0.39 is 0 Å². The third-order valence-electron chi connectivity index (χ3n) is 3.41. The number of halogens is 1. The Morgan fingerprint density at radius 1 is 1.10 bits per heavy atom. The van der Waals surface area contributed by atoms with Gasteiger partial charge < -0.3 is 0 Å². The van der Waals surface area contributed by atoms with Gasteiger partial charge in [0.2, 0.25) is 0 Å². The lowest BCUT2D eigenvalue weighted by Crippen LogP contribution is -1.94. The summed E-state index contributed by atoms with van der Waals surface area (Å²) in [4.78, 5) is 11.5. The maximum Gasteiger partial charge on any atom is 0.159 e. The molecule has 0 aliphatic rings. The molecular weight excluding hydrogens is 280 g/mol. The van der Waals surface area contributed by atoms with Crippen LogP contribution in [0, 0.1) is 6.92 Å². The second-order valence-corrected chi connectivity index (χ2v) is 5.15. The standard InChI is InChI=1S/C17H17ClO.C2H6/c1-4-13-9-15(6-5-11(13)2)16-10-14(12(3)19)7-8-17(16)18;1-2/h5-10H,4H2,1-3H3;1-2H3. The summed E-state index contributed by atoms with van der Waals surface area (Å²) in [6.45, 7) is 9.82. The summed E-state index contributed by atoms with van der Waals surface area (Å²) in [6.07, 6.45) is 0.990. The zero-order valence-corrected chi connectivity index (χ0v) is 14.2. The van der Waals surface area contributed by atoms with E-state index in [0.29, 0.717) is 10.6 Å². The van der Waals surface area contributed by atoms with Crippen molar-refractivity contribution in [3.63, 3.8) is 0 Å². The summed E-state index contributed by atoms with van der Waals surface area (Å²) < 4.78 is 0. The first-order valence-electron chi connectivity index (χ1n) is 7.43. The lowest BCUT2D eigenvalue weighted by molar-refractivity contribution is 0.101. The summed E-state index contributed by atoms with van der Waals surface area (Å²) >= 11 is 6.26. The van der Waals surface area contributed by atoms with Crippen molar-refractivity contribution >= 4 is 17.4 Å². The van der Waals surface area contributed by atoms with E-state index in [-0.39, 0.29) is 5.78 Å². The molecule has 0 aliphatic heterocycles. The Morgan fingerprint density at radius 2 is 1.76 bits per heavy atom. The van der Waals surface area contributed by atoms with Crippen molar-refractivity contribution in [1.82, 2.24) is 0 Å². The van der Waals surface area contributed by atoms with Crippen LogP contribution in [-0.4, -0.2) is 5.78 Å². The second kappa shape index (κ2) is 7.99. The van der Waals surface area contributed by atoms with Crippen LogP contribution in [0.4, 0.5) is 0 Å². The maximum absolute atomic E-state index is 11.5. The Kier molecular flexibility index (Phi) is 6.64. The molecule has 1 nitrogen and oxygen atoms in total. The fraction of sp³-hybridized carbons (Fsp3) is 0.316. The number of hydrogen-bond acceptors (Lipinski definition) is 1. The number of hydrogen-bond donors (Lipinski definition) is 0. The van der Waals surface area contributed by atoms with Gasteiger partial charge >= 0.3 is 0 Å². The van der Waals surface area contributed by atoms with Crippen molar-refractivity contribution < 1.29 is 4.79 Å². The van der Waals surface area contributed by atoms with Gasteiger partial charge in [-0.15, -0.1) is 0 Å². The molecule has 21 heavy (non-hydrogen) atoms. The van der Waals surface area contributed by atoms with Crippen LogP contribution in [0.3, 0.4) is 0 Å². The first kappa shape index (κ1) is 17.5. The first-order chi connectivity index (χ1) is 10.0. The lowest BCUT2D eigenvalue weighted by Gasteiger charge is -2.10. The van der Waals surface area contributed by atoms with E-state index in [0.717, 1.165) is 17.5 Å². The number of aryl methyl sites for hydroxylation is 2. The Hall–Kier alpha value is -1.60. The molecule has 2 rings (SSSR count). The van der Waals surface area contributed by atoms with E-state index in [1.54, 1.807) is 19.1 Å². The molecule has 0 bridgehead atoms. The molecule has 112 valence electrons. The summed E-state index contributed by atoms with van der Waals surface area (Å²) in [5.74, 6) is 0.0562. The Balaban J connectivity index is 0.00000106. The number of benzene rings is 2. The molecule has 0 unspecified atom stereocenters. The average Bonchev–Trinajstić information content (AvgIpc) is 2.50. The van der Waals surface area contributed by atoms with Crippen LogP contribution in [0.15, 0.2) is 36.4 Å². The summed E-state index contributed by atoms with van der Waals surface area (Å²) in [5.41, 5.74) is 5.27. The van der Waals surface area contributed by atoms with Crippen LogP contribution < -0.4 is 0 Å². The molecule has 0 N–H and O–H groups in total. The quantitative estimate of drug-likeness (QED) is 0.625. The molecule has 2 heteroatoms. The summed E-state index contributed by atoms with van der Waals surface area (Å²) in [7, 11) is 0. The molecule has 0 saturated heterocycles. The summed E-state index contributed by atoms with van der Waals surface area (Å²) in [6, 6.07) is 11.7. The smallest absolute Gasteiger partial charge is 0.159 e. The molecule has 0 aliphatic carbocycles. The number of carbonyl (C=O) groups excluding carboxylic acids is 1. The Morgan fingerprint density at radius 3 is 2.33 bits per heavy atom. The molecule has 0 heterocycles. The van der Waals surface area contributed by atoms with Gasteiger partial charge in [0.25, 0.3) is 0 Å². The van der Waals surface area contributed by atoms with Crippen molar-refractivity contribution in [3.8, 4) is 11.1 Å². The minimum absolute atomic E-state index is 0.0562. The highest BCUT2D eigenvalue weighted by molar-refractivity contribution is 6.33. The molecule has 0 spiro atoms. The third-order valence-corrected chi connectivity index (χ3v) is 3.74. The zero-order chi connectivity index (χ0) is 16.0. The molecule has 0 amide bonds. The molecule has 2 aromatic rings. The van der Waals surface area contributed by atoms with Crippen molar-refractivity contribution in [2.75, 3.05) is 0 Å². The van der Waals surface area contributed by atoms with E-state index in [1.165, 1.54) is 11.1 Å². The highest BCUT2D eigenvalue weighted by atomic mass is 35.5. The van der Waals surface area contributed by atoms with Gasteiger partial charge in [0.1, 0.15) is 0 Å². The minimum atomic E-state index is 0.0562. The predicted molar refractivity (Wildman–Crippen MR) is 92.4 cm³/mol. The van der Waals surface area contributed by atoms with Gasteiger partial charge in [0.05, 0.1) is 0 Å². The normalized spacial score (nSPS) is 9.81. The summed E-state index contributed by atoms with van der Waals surface area (Å²) in [5, 5.41) is 0.677. The first-order valence-corrected chi connectivity index (χ1v) is 7.81. The van der Waals surface area contributed by atoms with E-state index in [9.17, 15) is 4.79 Å². The largest absolute Gasteiger partial charge is 0.295 e. The van der Waals surface area contributed by atoms with Gasteiger partial charge in [-0.1, -0.05) is 50.6 Å². The van der Waals surface area contributed by atoms with E-state index in [2.05, 4.69) is 32.0 Å². The van der Waals surface area contributed by atoms with E-state index >= 15 is 0 Å². The van der Waals surface area contributed by atoms with E-state index in [4.69, 9.17) is 11.6 Å². The van der Waals surface area contributed by atoms with E-state index in [1.807, 2.05) is 19.9 Å². The minimum Gasteiger partial charge on any atom is -0.295 e. The topological polar surface area (TPSA) is 17.1 Å². The monoisotopic (exact) mass is 302 g/mol. The Bertz CT molecular complexity index is 629. The van der Waals surface area contributed by atoms with Crippen molar-refractivity contribution in [1.29, 1.82) is 0 Å². The van der Waals surface area contributed by atoms with Crippen molar-refractivity contribution in [2.45, 2.75) is 41.0 Å². The number of carbonyl (C=O) groups is 1. The van der Waals surface area contributed by atoms with Crippen LogP contribution in [-0.2, 0) is 6.42 Å². The van der Waals surface area contributed by atoms with Crippen molar-refractivity contribution in [3.05, 3.63) is 58.1 Å². The number of Topliss-reactive ketones (excluding diaryl/α,β-unsaturated/α-hetero) is 1.